The summed E-state index contributed by atoms with van der Waals surface area (Å²) in [5, 5.41) is 10.5. The van der Waals surface area contributed by atoms with Crippen LogP contribution in [0.5, 0.6) is 0 Å². The molecule has 104 valence electrons. The van der Waals surface area contributed by atoms with Gasteiger partial charge in [0.2, 0.25) is 5.91 Å². The predicted molar refractivity (Wildman–Crippen MR) is 78.9 cm³/mol. The smallest absolute Gasteiger partial charge is 0.233 e. The van der Waals surface area contributed by atoms with Crippen molar-refractivity contribution in [2.75, 3.05) is 17.2 Å². The number of fused-ring (bicyclic) bond motifs is 1. The summed E-state index contributed by atoms with van der Waals surface area (Å²) in [6.07, 6.45) is 0.805. The first-order chi connectivity index (χ1) is 9.65. The second-order valence-corrected chi connectivity index (χ2v) is 5.14. The van der Waals surface area contributed by atoms with Crippen LogP contribution in [0.3, 0.4) is 0 Å². The fourth-order valence-corrected chi connectivity index (χ4v) is 2.68. The van der Waals surface area contributed by atoms with Gasteiger partial charge in [-0.2, -0.15) is 5.10 Å². The molecular formula is C15H18N4O. The highest BCUT2D eigenvalue weighted by atomic mass is 16.2. The number of anilines is 2. The van der Waals surface area contributed by atoms with E-state index in [0.29, 0.717) is 0 Å². The van der Waals surface area contributed by atoms with E-state index in [0.717, 1.165) is 35.7 Å². The van der Waals surface area contributed by atoms with Crippen LogP contribution in [0.1, 0.15) is 23.6 Å². The zero-order valence-corrected chi connectivity index (χ0v) is 11.7. The number of nitrogens with one attached hydrogen (secondary N) is 2. The van der Waals surface area contributed by atoms with Crippen LogP contribution in [0.4, 0.5) is 11.5 Å². The van der Waals surface area contributed by atoms with Gasteiger partial charge in [0.15, 0.2) is 0 Å². The summed E-state index contributed by atoms with van der Waals surface area (Å²) in [6, 6.07) is 9.87. The molecule has 1 aromatic heterocycles. The molecule has 5 heteroatoms. The molecule has 0 fully saturated rings. The Morgan fingerprint density at radius 3 is 3.00 bits per heavy atom. The van der Waals surface area contributed by atoms with Crippen molar-refractivity contribution in [3.63, 3.8) is 0 Å². The molecule has 5 nitrogen and oxygen atoms in total. The molecule has 2 aromatic rings. The van der Waals surface area contributed by atoms with Crippen molar-refractivity contribution in [1.29, 1.82) is 0 Å². The quantitative estimate of drug-likeness (QED) is 0.880. The molecule has 20 heavy (non-hydrogen) atoms. The molecule has 1 atom stereocenters. The number of aromatic nitrogens is 2. The van der Waals surface area contributed by atoms with E-state index in [1.165, 1.54) is 0 Å². The molecule has 0 radical (unpaired) electrons. The standard InChI is InChI=1S/C15H18N4O/c1-10-9-14(19(2)18-10)17-15(20)12-7-8-16-13-6-4-3-5-11(12)13/h3-6,9,12,16H,7-8H2,1-2H3,(H,17,20). The van der Waals surface area contributed by atoms with Gasteiger partial charge >= 0.3 is 0 Å². The number of carbonyl (C=O) groups excluding carboxylic acids is 1. The highest BCUT2D eigenvalue weighted by Gasteiger charge is 2.26. The summed E-state index contributed by atoms with van der Waals surface area (Å²) in [5.74, 6) is 0.660. The van der Waals surface area contributed by atoms with Gasteiger partial charge in [-0.05, 0) is 25.0 Å². The first-order valence-corrected chi connectivity index (χ1v) is 6.79. The second-order valence-electron chi connectivity index (χ2n) is 5.14. The highest BCUT2D eigenvalue weighted by molar-refractivity contribution is 5.96. The highest BCUT2D eigenvalue weighted by Crippen LogP contribution is 2.32. The maximum atomic E-state index is 12.5. The van der Waals surface area contributed by atoms with Crippen LogP contribution in [-0.2, 0) is 11.8 Å². The van der Waals surface area contributed by atoms with E-state index >= 15 is 0 Å². The number of hydrogen-bond donors (Lipinski definition) is 2. The average molecular weight is 270 g/mol. The molecule has 1 aliphatic heterocycles. The summed E-state index contributed by atoms with van der Waals surface area (Å²) in [6.45, 7) is 2.73. The summed E-state index contributed by atoms with van der Waals surface area (Å²) < 4.78 is 1.69. The first kappa shape index (κ1) is 12.7. The Morgan fingerprint density at radius 2 is 2.25 bits per heavy atom. The van der Waals surface area contributed by atoms with Crippen LogP contribution in [0.2, 0.25) is 0 Å². The van der Waals surface area contributed by atoms with Gasteiger partial charge in [0, 0.05) is 25.3 Å². The van der Waals surface area contributed by atoms with Gasteiger partial charge in [0.1, 0.15) is 5.82 Å². The minimum Gasteiger partial charge on any atom is -0.385 e. The maximum absolute atomic E-state index is 12.5. The summed E-state index contributed by atoms with van der Waals surface area (Å²) >= 11 is 0. The monoisotopic (exact) mass is 270 g/mol. The first-order valence-electron chi connectivity index (χ1n) is 6.79. The Labute approximate surface area is 118 Å². The number of rotatable bonds is 2. The third-order valence-corrected chi connectivity index (χ3v) is 3.65. The minimum atomic E-state index is -0.109. The molecule has 1 aliphatic rings. The van der Waals surface area contributed by atoms with E-state index in [1.54, 1.807) is 4.68 Å². The Kier molecular flexibility index (Phi) is 3.18. The van der Waals surface area contributed by atoms with Crippen molar-refractivity contribution in [3.8, 4) is 0 Å². The number of nitrogens with zero attached hydrogens (tertiary/aromatic N) is 2. The van der Waals surface area contributed by atoms with Gasteiger partial charge in [-0.25, -0.2) is 0 Å². The summed E-state index contributed by atoms with van der Waals surface area (Å²) in [5.41, 5.74) is 3.02. The fourth-order valence-electron chi connectivity index (χ4n) is 2.68. The van der Waals surface area contributed by atoms with E-state index in [2.05, 4.69) is 15.7 Å². The lowest BCUT2D eigenvalue weighted by molar-refractivity contribution is -0.117. The van der Waals surface area contributed by atoms with Crippen LogP contribution in [-0.4, -0.2) is 22.2 Å². The molecule has 3 rings (SSSR count). The lowest BCUT2D eigenvalue weighted by Crippen LogP contribution is -2.28. The number of carbonyl (C=O) groups is 1. The van der Waals surface area contributed by atoms with Gasteiger partial charge in [-0.15, -0.1) is 0 Å². The molecule has 1 aromatic carbocycles. The van der Waals surface area contributed by atoms with E-state index < -0.39 is 0 Å². The second kappa shape index (κ2) is 5.00. The lowest BCUT2D eigenvalue weighted by atomic mass is 9.90. The summed E-state index contributed by atoms with van der Waals surface area (Å²) in [4.78, 5) is 12.5. The van der Waals surface area contributed by atoms with Gasteiger partial charge in [0.05, 0.1) is 11.6 Å². The van der Waals surface area contributed by atoms with Crippen molar-refractivity contribution < 1.29 is 4.79 Å². The molecular weight excluding hydrogens is 252 g/mol. The van der Waals surface area contributed by atoms with Crippen LogP contribution in [0.15, 0.2) is 30.3 Å². The largest absolute Gasteiger partial charge is 0.385 e. The Morgan fingerprint density at radius 1 is 1.45 bits per heavy atom. The molecule has 2 heterocycles. The van der Waals surface area contributed by atoms with E-state index in [4.69, 9.17) is 0 Å². The number of amides is 1. The number of aryl methyl sites for hydroxylation is 2. The topological polar surface area (TPSA) is 59.0 Å². The van der Waals surface area contributed by atoms with Gasteiger partial charge in [-0.3, -0.25) is 9.48 Å². The number of para-hydroxylation sites is 1. The lowest BCUT2D eigenvalue weighted by Gasteiger charge is -2.25. The van der Waals surface area contributed by atoms with Gasteiger partial charge in [-0.1, -0.05) is 18.2 Å². The average Bonchev–Trinajstić information content (AvgIpc) is 2.76. The number of hydrogen-bond acceptors (Lipinski definition) is 3. The normalized spacial score (nSPS) is 17.2. The number of benzene rings is 1. The molecule has 0 saturated carbocycles. The van der Waals surface area contributed by atoms with Crippen LogP contribution < -0.4 is 10.6 Å². The minimum absolute atomic E-state index is 0.0296. The zero-order valence-electron chi connectivity index (χ0n) is 11.7. The molecule has 2 N–H and O–H groups in total. The van der Waals surface area contributed by atoms with Crippen molar-refractivity contribution in [2.45, 2.75) is 19.3 Å². The Bertz CT molecular complexity index is 647. The van der Waals surface area contributed by atoms with Crippen LogP contribution in [0.25, 0.3) is 0 Å². The third kappa shape index (κ3) is 2.27. The maximum Gasteiger partial charge on any atom is 0.233 e. The van der Waals surface area contributed by atoms with Crippen molar-refractivity contribution in [3.05, 3.63) is 41.6 Å². The van der Waals surface area contributed by atoms with Crippen LogP contribution in [0, 0.1) is 6.92 Å². The SMILES string of the molecule is Cc1cc(NC(=O)C2CCNc3ccccc32)n(C)n1. The summed E-state index contributed by atoms with van der Waals surface area (Å²) in [7, 11) is 1.83. The van der Waals surface area contributed by atoms with E-state index in [1.807, 2.05) is 44.3 Å². The third-order valence-electron chi connectivity index (χ3n) is 3.65. The molecule has 0 saturated heterocycles. The Hall–Kier alpha value is -2.30. The van der Waals surface area contributed by atoms with Crippen molar-refractivity contribution in [1.82, 2.24) is 9.78 Å². The Balaban J connectivity index is 1.83. The molecule has 1 unspecified atom stereocenters. The fraction of sp³-hybridized carbons (Fsp3) is 0.333. The molecule has 0 bridgehead atoms. The molecule has 0 aliphatic carbocycles. The van der Waals surface area contributed by atoms with E-state index in [9.17, 15) is 4.79 Å². The zero-order chi connectivity index (χ0) is 14.1. The van der Waals surface area contributed by atoms with Crippen molar-refractivity contribution >= 4 is 17.4 Å². The predicted octanol–water partition coefficient (Wildman–Crippen LogP) is 2.27. The van der Waals surface area contributed by atoms with Gasteiger partial charge in [0.25, 0.3) is 0 Å². The van der Waals surface area contributed by atoms with E-state index in [-0.39, 0.29) is 11.8 Å². The van der Waals surface area contributed by atoms with Gasteiger partial charge < -0.3 is 10.6 Å². The van der Waals surface area contributed by atoms with Crippen LogP contribution >= 0.6 is 0 Å². The molecule has 0 spiro atoms. The molecule has 1 amide bonds. The van der Waals surface area contributed by atoms with Crippen molar-refractivity contribution in [2.24, 2.45) is 7.05 Å².